The van der Waals surface area contributed by atoms with Crippen molar-refractivity contribution in [1.29, 1.82) is 0 Å². The van der Waals surface area contributed by atoms with E-state index in [1.807, 2.05) is 13.0 Å². The molecule has 1 atom stereocenters. The highest BCUT2D eigenvalue weighted by Crippen LogP contribution is 2.57. The van der Waals surface area contributed by atoms with Gasteiger partial charge < -0.3 is 10.0 Å². The van der Waals surface area contributed by atoms with Gasteiger partial charge in [0.15, 0.2) is 0 Å². The lowest BCUT2D eigenvalue weighted by Crippen LogP contribution is -2.69. The van der Waals surface area contributed by atoms with Gasteiger partial charge >= 0.3 is 12.4 Å². The van der Waals surface area contributed by atoms with Gasteiger partial charge in [-0.05, 0) is 61.4 Å². The number of allylic oxidation sites excluding steroid dienone is 3. The molecule has 1 aliphatic heterocycles. The fraction of sp³-hybridized carbons (Fsp3) is 0.600. The maximum absolute atomic E-state index is 14.1. The van der Waals surface area contributed by atoms with Gasteiger partial charge in [-0.2, -0.15) is 26.3 Å². The van der Waals surface area contributed by atoms with Crippen LogP contribution in [0.25, 0.3) is 5.57 Å². The summed E-state index contributed by atoms with van der Waals surface area (Å²) in [6.45, 7) is 1.49. The first kappa shape index (κ1) is 28.7. The maximum atomic E-state index is 14.1. The molecule has 1 aliphatic carbocycles. The van der Waals surface area contributed by atoms with Gasteiger partial charge in [0.05, 0.1) is 11.2 Å². The van der Waals surface area contributed by atoms with E-state index in [1.165, 1.54) is 17.1 Å². The van der Waals surface area contributed by atoms with Crippen molar-refractivity contribution in [3.05, 3.63) is 53.6 Å². The molecule has 0 radical (unpaired) electrons. The second-order valence-corrected chi connectivity index (χ2v) is 12.1. The topological polar surface area (TPSA) is 57.6 Å². The molecule has 4 nitrogen and oxygen atoms in total. The van der Waals surface area contributed by atoms with Crippen LogP contribution in [0.5, 0.6) is 0 Å². The standard InChI is InChI=1S/C25H31F6NO3S/c1-3-19-6-4-5-7-21(19)20-8-12-22(13-9-20,23(33,24(26,27)28)25(29,30)31)17-32-14-10-18(11-15-32)16-36(2,34)35/h4-9,12,18,33H,3,10-11,13-17H2,1-2H3. The Labute approximate surface area is 207 Å². The molecule has 1 N–H and O–H groups in total. The number of piperidine rings is 1. The van der Waals surface area contributed by atoms with Crippen molar-refractivity contribution in [1.82, 2.24) is 4.90 Å². The third-order valence-corrected chi connectivity index (χ3v) is 8.35. The summed E-state index contributed by atoms with van der Waals surface area (Å²) in [7, 11) is -3.26. The Kier molecular flexibility index (Phi) is 8.08. The summed E-state index contributed by atoms with van der Waals surface area (Å²) in [4.78, 5) is 1.46. The van der Waals surface area contributed by atoms with E-state index >= 15 is 0 Å². The Morgan fingerprint density at radius 2 is 1.64 bits per heavy atom. The predicted octanol–water partition coefficient (Wildman–Crippen LogP) is 5.19. The van der Waals surface area contributed by atoms with E-state index in [0.717, 1.165) is 17.9 Å². The molecule has 0 aromatic heterocycles. The van der Waals surface area contributed by atoms with E-state index in [9.17, 15) is 39.9 Å². The second-order valence-electron chi connectivity index (χ2n) is 9.88. The lowest BCUT2D eigenvalue weighted by Gasteiger charge is -2.50. The van der Waals surface area contributed by atoms with Crippen LogP contribution in [0.1, 0.15) is 37.3 Å². The van der Waals surface area contributed by atoms with Crippen LogP contribution in [-0.2, 0) is 16.3 Å². The summed E-state index contributed by atoms with van der Waals surface area (Å²) < 4.78 is 108. The van der Waals surface area contributed by atoms with Gasteiger partial charge in [-0.15, -0.1) is 0 Å². The van der Waals surface area contributed by atoms with E-state index in [2.05, 4.69) is 0 Å². The van der Waals surface area contributed by atoms with Crippen molar-refractivity contribution in [2.45, 2.75) is 50.6 Å². The molecule has 0 amide bonds. The highest BCUT2D eigenvalue weighted by molar-refractivity contribution is 7.90. The maximum Gasteiger partial charge on any atom is 0.427 e. The number of nitrogens with zero attached hydrogens (tertiary/aromatic N) is 1. The number of benzene rings is 1. The molecule has 36 heavy (non-hydrogen) atoms. The molecule has 0 spiro atoms. The summed E-state index contributed by atoms with van der Waals surface area (Å²) in [5, 5.41) is 10.5. The summed E-state index contributed by atoms with van der Waals surface area (Å²) >= 11 is 0. The average Bonchev–Trinajstić information content (AvgIpc) is 2.78. The molecule has 1 heterocycles. The molecule has 202 valence electrons. The molecule has 0 saturated carbocycles. The van der Waals surface area contributed by atoms with Crippen LogP contribution in [0.4, 0.5) is 26.3 Å². The lowest BCUT2D eigenvalue weighted by molar-refractivity contribution is -0.398. The molecule has 11 heteroatoms. The largest absolute Gasteiger partial charge is 0.427 e. The number of alkyl halides is 6. The fourth-order valence-corrected chi connectivity index (χ4v) is 6.54. The fourth-order valence-electron chi connectivity index (χ4n) is 5.35. The Hall–Kier alpha value is -1.85. The normalized spacial score (nSPS) is 23.1. The van der Waals surface area contributed by atoms with Gasteiger partial charge in [-0.1, -0.05) is 49.4 Å². The van der Waals surface area contributed by atoms with E-state index in [-0.39, 0.29) is 24.8 Å². The highest BCUT2D eigenvalue weighted by Gasteiger charge is 2.78. The first-order valence-corrected chi connectivity index (χ1v) is 13.8. The smallest absolute Gasteiger partial charge is 0.373 e. The third kappa shape index (κ3) is 5.67. The Balaban J connectivity index is 1.97. The summed E-state index contributed by atoms with van der Waals surface area (Å²) in [5.74, 6) is -0.292. The highest BCUT2D eigenvalue weighted by atomic mass is 32.2. The zero-order valence-electron chi connectivity index (χ0n) is 20.2. The van der Waals surface area contributed by atoms with Crippen LogP contribution in [0.3, 0.4) is 0 Å². The minimum Gasteiger partial charge on any atom is -0.373 e. The minimum atomic E-state index is -5.98. The monoisotopic (exact) mass is 539 g/mol. The molecule has 1 saturated heterocycles. The van der Waals surface area contributed by atoms with Crippen LogP contribution in [0.2, 0.25) is 0 Å². The van der Waals surface area contributed by atoms with Crippen molar-refractivity contribution < 1.29 is 39.9 Å². The molecular weight excluding hydrogens is 508 g/mol. The average molecular weight is 540 g/mol. The molecule has 1 fully saturated rings. The van der Waals surface area contributed by atoms with Gasteiger partial charge in [0.1, 0.15) is 9.84 Å². The number of aryl methyl sites for hydroxylation is 1. The lowest BCUT2D eigenvalue weighted by atomic mass is 9.65. The molecular formula is C25H31F6NO3S. The molecule has 1 aromatic carbocycles. The first-order valence-electron chi connectivity index (χ1n) is 11.8. The Morgan fingerprint density at radius 3 is 2.11 bits per heavy atom. The number of halogens is 6. The molecule has 1 aromatic rings. The van der Waals surface area contributed by atoms with Gasteiger partial charge in [0.25, 0.3) is 5.60 Å². The Morgan fingerprint density at radius 1 is 1.06 bits per heavy atom. The first-order chi connectivity index (χ1) is 16.5. The summed E-state index contributed by atoms with van der Waals surface area (Å²) in [6.07, 6.45) is -6.78. The van der Waals surface area contributed by atoms with E-state index in [4.69, 9.17) is 0 Å². The van der Waals surface area contributed by atoms with Crippen molar-refractivity contribution in [3.63, 3.8) is 0 Å². The molecule has 2 aliphatic rings. The van der Waals surface area contributed by atoms with Gasteiger partial charge in [0, 0.05) is 12.8 Å². The second kappa shape index (κ2) is 10.1. The van der Waals surface area contributed by atoms with Crippen LogP contribution >= 0.6 is 0 Å². The van der Waals surface area contributed by atoms with Crippen molar-refractivity contribution in [3.8, 4) is 0 Å². The molecule has 1 unspecified atom stereocenters. The van der Waals surface area contributed by atoms with Crippen LogP contribution in [0.15, 0.2) is 42.5 Å². The number of aliphatic hydroxyl groups is 1. The number of likely N-dealkylation sites (tertiary alicyclic amines) is 1. The zero-order valence-corrected chi connectivity index (χ0v) is 21.0. The van der Waals surface area contributed by atoms with E-state index in [1.54, 1.807) is 18.2 Å². The van der Waals surface area contributed by atoms with Gasteiger partial charge in [-0.25, -0.2) is 8.42 Å². The number of hydrogen-bond acceptors (Lipinski definition) is 4. The van der Waals surface area contributed by atoms with Crippen molar-refractivity contribution >= 4 is 15.4 Å². The summed E-state index contributed by atoms with van der Waals surface area (Å²) in [6, 6.07) is 7.15. The van der Waals surface area contributed by atoms with Crippen molar-refractivity contribution in [2.75, 3.05) is 31.6 Å². The van der Waals surface area contributed by atoms with Crippen LogP contribution < -0.4 is 0 Å². The SMILES string of the molecule is CCc1ccccc1C1=CCC(CN2CCC(CS(C)(=O)=O)CC2)(C(O)(C(F)(F)F)C(F)(F)F)C=C1. The quantitative estimate of drug-likeness (QED) is 0.485. The third-order valence-electron chi connectivity index (χ3n) is 7.27. The predicted molar refractivity (Wildman–Crippen MR) is 126 cm³/mol. The number of sulfone groups is 1. The van der Waals surface area contributed by atoms with Gasteiger partial charge in [-0.3, -0.25) is 0 Å². The Bertz CT molecular complexity index is 1090. The van der Waals surface area contributed by atoms with Crippen LogP contribution in [-0.4, -0.2) is 68.0 Å². The minimum absolute atomic E-state index is 0.0795. The van der Waals surface area contributed by atoms with E-state index < -0.39 is 46.2 Å². The summed E-state index contributed by atoms with van der Waals surface area (Å²) in [5.41, 5.74) is -5.57. The number of rotatable bonds is 7. The van der Waals surface area contributed by atoms with Gasteiger partial charge in [0.2, 0.25) is 0 Å². The van der Waals surface area contributed by atoms with Crippen molar-refractivity contribution in [2.24, 2.45) is 11.3 Å². The molecule has 3 rings (SSSR count). The number of hydrogen-bond donors (Lipinski definition) is 1. The van der Waals surface area contributed by atoms with Crippen LogP contribution in [0, 0.1) is 11.3 Å². The zero-order chi connectivity index (χ0) is 27.0. The molecule has 0 bridgehead atoms. The van der Waals surface area contributed by atoms with E-state index in [0.29, 0.717) is 30.4 Å².